The molecule has 0 unspecified atom stereocenters. The molecule has 2 bridgehead atoms. The first-order valence-electron chi connectivity index (χ1n) is 8.39. The highest BCUT2D eigenvalue weighted by atomic mass is 35.5. The molecule has 0 saturated heterocycles. The van der Waals surface area contributed by atoms with Crippen LogP contribution in [0, 0.1) is 17.8 Å². The van der Waals surface area contributed by atoms with E-state index >= 15 is 0 Å². The van der Waals surface area contributed by atoms with E-state index in [0.29, 0.717) is 24.8 Å². The van der Waals surface area contributed by atoms with Gasteiger partial charge in [0.1, 0.15) is 0 Å². The molecule has 2 aliphatic carbocycles. The average Bonchev–Trinajstić information content (AvgIpc) is 3.26. The van der Waals surface area contributed by atoms with Crippen LogP contribution in [0.15, 0.2) is 42.6 Å². The second-order valence-electron chi connectivity index (χ2n) is 6.78. The number of aryl methyl sites for hydroxylation is 1. The molecule has 1 aromatic carbocycles. The molecule has 23 heavy (non-hydrogen) atoms. The summed E-state index contributed by atoms with van der Waals surface area (Å²) in [5, 5.41) is 4.92. The molecule has 0 radical (unpaired) electrons. The van der Waals surface area contributed by atoms with Gasteiger partial charge in [-0.25, -0.2) is 0 Å². The maximum Gasteiger partial charge on any atom is 0.221 e. The van der Waals surface area contributed by atoms with Crippen molar-refractivity contribution in [1.29, 1.82) is 0 Å². The fourth-order valence-electron chi connectivity index (χ4n) is 4.07. The first kappa shape index (κ1) is 14.8. The minimum Gasteiger partial charge on any atom is -0.356 e. The number of carbonyl (C=O) groups excluding carboxylic acids is 1. The predicted molar refractivity (Wildman–Crippen MR) is 93.4 cm³/mol. The highest BCUT2D eigenvalue weighted by Crippen LogP contribution is 2.42. The Bertz CT molecular complexity index is 764. The summed E-state index contributed by atoms with van der Waals surface area (Å²) in [4.78, 5) is 12.1. The second kappa shape index (κ2) is 6.04. The largest absolute Gasteiger partial charge is 0.356 e. The summed E-state index contributed by atoms with van der Waals surface area (Å²) >= 11 is 6.19. The number of aromatic nitrogens is 1. The molecule has 2 aliphatic rings. The molecule has 4 heteroatoms. The van der Waals surface area contributed by atoms with Gasteiger partial charge in [0.25, 0.3) is 0 Å². The first-order chi connectivity index (χ1) is 11.2. The Morgan fingerprint density at radius 3 is 2.96 bits per heavy atom. The highest BCUT2D eigenvalue weighted by molar-refractivity contribution is 6.35. The number of amides is 1. The fraction of sp³-hybridized carbons (Fsp3) is 0.421. The number of halogens is 1. The number of rotatable bonds is 5. The van der Waals surface area contributed by atoms with Gasteiger partial charge in [-0.2, -0.15) is 0 Å². The third kappa shape index (κ3) is 2.90. The van der Waals surface area contributed by atoms with Crippen molar-refractivity contribution in [1.82, 2.24) is 9.88 Å². The van der Waals surface area contributed by atoms with Crippen LogP contribution < -0.4 is 5.32 Å². The van der Waals surface area contributed by atoms with E-state index in [9.17, 15) is 4.79 Å². The first-order valence-corrected chi connectivity index (χ1v) is 8.77. The van der Waals surface area contributed by atoms with Crippen molar-refractivity contribution in [3.8, 4) is 0 Å². The van der Waals surface area contributed by atoms with E-state index in [-0.39, 0.29) is 5.91 Å². The number of benzene rings is 1. The lowest BCUT2D eigenvalue weighted by molar-refractivity contribution is -0.121. The number of carbonyl (C=O) groups is 1. The Balaban J connectivity index is 1.31. The third-order valence-corrected chi connectivity index (χ3v) is 5.65. The average molecular weight is 329 g/mol. The Morgan fingerprint density at radius 1 is 1.26 bits per heavy atom. The molecule has 1 saturated carbocycles. The van der Waals surface area contributed by atoms with Crippen LogP contribution in [-0.2, 0) is 11.3 Å². The van der Waals surface area contributed by atoms with Crippen molar-refractivity contribution < 1.29 is 4.79 Å². The monoisotopic (exact) mass is 328 g/mol. The number of hydrogen-bond acceptors (Lipinski definition) is 1. The van der Waals surface area contributed by atoms with Crippen LogP contribution in [0.1, 0.15) is 19.3 Å². The van der Waals surface area contributed by atoms with Gasteiger partial charge < -0.3 is 9.88 Å². The van der Waals surface area contributed by atoms with E-state index in [1.165, 1.54) is 12.8 Å². The topological polar surface area (TPSA) is 34.0 Å². The van der Waals surface area contributed by atoms with E-state index < -0.39 is 0 Å². The SMILES string of the molecule is O=C(CCn1ccc2c(Cl)cccc21)NC[C@H]1C[C@@H]2C=C[C@H]1C2. The summed E-state index contributed by atoms with van der Waals surface area (Å²) in [6.45, 7) is 1.51. The van der Waals surface area contributed by atoms with Gasteiger partial charge in [-0.3, -0.25) is 4.79 Å². The Labute approximate surface area is 141 Å². The van der Waals surface area contributed by atoms with Crippen LogP contribution in [0.4, 0.5) is 0 Å². The number of hydrogen-bond donors (Lipinski definition) is 1. The zero-order valence-corrected chi connectivity index (χ0v) is 13.8. The molecular weight excluding hydrogens is 308 g/mol. The smallest absolute Gasteiger partial charge is 0.221 e. The maximum absolute atomic E-state index is 12.1. The molecule has 3 atom stereocenters. The lowest BCUT2D eigenvalue weighted by Crippen LogP contribution is -2.31. The number of nitrogens with one attached hydrogen (secondary N) is 1. The summed E-state index contributed by atoms with van der Waals surface area (Å²) < 4.78 is 2.10. The second-order valence-corrected chi connectivity index (χ2v) is 7.18. The Kier molecular flexibility index (Phi) is 3.90. The lowest BCUT2D eigenvalue weighted by Gasteiger charge is -2.18. The van der Waals surface area contributed by atoms with Crippen LogP contribution in [-0.4, -0.2) is 17.0 Å². The van der Waals surface area contributed by atoms with Crippen molar-refractivity contribution >= 4 is 28.4 Å². The summed E-state index contributed by atoms with van der Waals surface area (Å²) in [7, 11) is 0. The quantitative estimate of drug-likeness (QED) is 0.827. The summed E-state index contributed by atoms with van der Waals surface area (Å²) in [5.74, 6) is 2.23. The van der Waals surface area contributed by atoms with Crippen molar-refractivity contribution in [3.05, 3.63) is 47.6 Å². The van der Waals surface area contributed by atoms with E-state index in [0.717, 1.165) is 28.4 Å². The lowest BCUT2D eigenvalue weighted by atomic mass is 9.93. The van der Waals surface area contributed by atoms with E-state index in [4.69, 9.17) is 11.6 Å². The minimum absolute atomic E-state index is 0.139. The molecule has 0 aliphatic heterocycles. The van der Waals surface area contributed by atoms with E-state index in [1.54, 1.807) is 0 Å². The minimum atomic E-state index is 0.139. The molecule has 1 aromatic heterocycles. The van der Waals surface area contributed by atoms with Gasteiger partial charge in [-0.05, 0) is 48.8 Å². The van der Waals surface area contributed by atoms with Gasteiger partial charge in [0.15, 0.2) is 0 Å². The van der Waals surface area contributed by atoms with Crippen molar-refractivity contribution in [2.24, 2.45) is 17.8 Å². The van der Waals surface area contributed by atoms with Crippen LogP contribution in [0.5, 0.6) is 0 Å². The zero-order valence-electron chi connectivity index (χ0n) is 13.0. The third-order valence-electron chi connectivity index (χ3n) is 5.32. The predicted octanol–water partition coefficient (Wildman–Crippen LogP) is 4.01. The molecule has 0 spiro atoms. The standard InChI is InChI=1S/C19H21ClN2O/c20-17-2-1-3-18-16(17)6-8-22(18)9-7-19(23)21-12-15-11-13-4-5-14(15)10-13/h1-6,8,13-15H,7,9-12H2,(H,21,23)/t13-,14+,15-/m1/s1. The zero-order chi connectivity index (χ0) is 15.8. The van der Waals surface area contributed by atoms with Crippen LogP contribution in [0.2, 0.25) is 5.02 Å². The number of nitrogens with zero attached hydrogens (tertiary/aromatic N) is 1. The van der Waals surface area contributed by atoms with Crippen molar-refractivity contribution in [3.63, 3.8) is 0 Å². The van der Waals surface area contributed by atoms with E-state index in [2.05, 4.69) is 22.0 Å². The molecule has 1 fully saturated rings. The fourth-order valence-corrected chi connectivity index (χ4v) is 4.30. The van der Waals surface area contributed by atoms with Crippen molar-refractivity contribution in [2.45, 2.75) is 25.8 Å². The van der Waals surface area contributed by atoms with Crippen LogP contribution in [0.3, 0.4) is 0 Å². The van der Waals surface area contributed by atoms with Gasteiger partial charge in [0.2, 0.25) is 5.91 Å². The van der Waals surface area contributed by atoms with Gasteiger partial charge in [-0.15, -0.1) is 0 Å². The summed E-state index contributed by atoms with van der Waals surface area (Å²) in [6, 6.07) is 7.90. The molecule has 1 N–H and O–H groups in total. The number of allylic oxidation sites excluding steroid dienone is 2. The van der Waals surface area contributed by atoms with E-state index in [1.807, 2.05) is 30.5 Å². The Hall–Kier alpha value is -1.74. The molecule has 2 aromatic rings. The molecule has 3 nitrogen and oxygen atoms in total. The summed E-state index contributed by atoms with van der Waals surface area (Å²) in [5.41, 5.74) is 1.09. The van der Waals surface area contributed by atoms with Crippen LogP contribution in [0.25, 0.3) is 10.9 Å². The maximum atomic E-state index is 12.1. The van der Waals surface area contributed by atoms with Gasteiger partial charge in [0, 0.05) is 41.6 Å². The highest BCUT2D eigenvalue weighted by Gasteiger charge is 2.35. The summed E-state index contributed by atoms with van der Waals surface area (Å²) in [6.07, 6.45) is 9.71. The molecule has 1 heterocycles. The van der Waals surface area contributed by atoms with Gasteiger partial charge >= 0.3 is 0 Å². The molecule has 120 valence electrons. The van der Waals surface area contributed by atoms with Gasteiger partial charge in [0.05, 0.1) is 0 Å². The molecule has 1 amide bonds. The normalized spacial score (nSPS) is 25.3. The Morgan fingerprint density at radius 2 is 2.17 bits per heavy atom. The molecule has 4 rings (SSSR count). The molecular formula is C19H21ClN2O. The van der Waals surface area contributed by atoms with Gasteiger partial charge in [-0.1, -0.05) is 29.8 Å². The van der Waals surface area contributed by atoms with Crippen molar-refractivity contribution in [2.75, 3.05) is 6.54 Å². The van der Waals surface area contributed by atoms with Crippen LogP contribution >= 0.6 is 11.6 Å². The number of fused-ring (bicyclic) bond motifs is 3.